The smallest absolute Gasteiger partial charge is 0.406 e. The molecule has 1 aromatic rings. The standard InChI is InChI=1S/C12H10BrF3N2O3/c13-8-3-7(4-17-5-8)9(19)18-2-1-11(6-18,10(20)21)12(14,15)16/h3-5H,1-2,6H2,(H,20,21). The van der Waals surface area contributed by atoms with Crippen LogP contribution in [0.3, 0.4) is 0 Å². The first-order chi connectivity index (χ1) is 9.67. The van der Waals surface area contributed by atoms with Crippen LogP contribution in [-0.4, -0.2) is 46.1 Å². The van der Waals surface area contributed by atoms with E-state index >= 15 is 0 Å². The maximum atomic E-state index is 13.0. The lowest BCUT2D eigenvalue weighted by Gasteiger charge is -2.27. The molecule has 1 unspecified atom stereocenters. The molecule has 1 aliphatic heterocycles. The molecule has 0 aliphatic carbocycles. The number of carboxylic acids is 1. The number of carboxylic acid groups (broad SMARTS) is 1. The number of carbonyl (C=O) groups is 2. The van der Waals surface area contributed by atoms with Crippen molar-refractivity contribution in [1.29, 1.82) is 0 Å². The minimum absolute atomic E-state index is 0.104. The zero-order valence-electron chi connectivity index (χ0n) is 10.5. The Labute approximate surface area is 125 Å². The molecule has 1 atom stereocenters. The second-order valence-corrected chi connectivity index (χ2v) is 5.67. The van der Waals surface area contributed by atoms with E-state index in [2.05, 4.69) is 20.9 Å². The molecule has 9 heteroatoms. The molecule has 0 radical (unpaired) electrons. The van der Waals surface area contributed by atoms with Crippen LogP contribution in [0.2, 0.25) is 0 Å². The van der Waals surface area contributed by atoms with Gasteiger partial charge in [0.15, 0.2) is 5.41 Å². The fourth-order valence-electron chi connectivity index (χ4n) is 2.22. The van der Waals surface area contributed by atoms with Crippen molar-refractivity contribution >= 4 is 27.8 Å². The van der Waals surface area contributed by atoms with Gasteiger partial charge in [-0.15, -0.1) is 0 Å². The molecule has 114 valence electrons. The number of carbonyl (C=O) groups excluding carboxylic acids is 1. The van der Waals surface area contributed by atoms with E-state index in [0.717, 1.165) is 4.90 Å². The number of pyridine rings is 1. The summed E-state index contributed by atoms with van der Waals surface area (Å²) in [6, 6.07) is 1.42. The Kier molecular flexibility index (Phi) is 3.96. The number of halogens is 4. The lowest BCUT2D eigenvalue weighted by Crippen LogP contribution is -2.47. The molecule has 2 rings (SSSR count). The molecule has 1 aromatic heterocycles. The summed E-state index contributed by atoms with van der Waals surface area (Å²) in [6.07, 6.45) is -2.91. The third-order valence-corrected chi connectivity index (χ3v) is 3.89. The van der Waals surface area contributed by atoms with Gasteiger partial charge in [-0.05, 0) is 28.4 Å². The fourth-order valence-corrected chi connectivity index (χ4v) is 2.59. The minimum atomic E-state index is -4.91. The molecule has 0 aromatic carbocycles. The van der Waals surface area contributed by atoms with Gasteiger partial charge in [-0.2, -0.15) is 13.2 Å². The molecule has 21 heavy (non-hydrogen) atoms. The van der Waals surface area contributed by atoms with Crippen LogP contribution in [0.1, 0.15) is 16.8 Å². The largest absolute Gasteiger partial charge is 0.481 e. The fraction of sp³-hybridized carbons (Fsp3) is 0.417. The number of rotatable bonds is 2. The predicted molar refractivity (Wildman–Crippen MR) is 68.6 cm³/mol. The van der Waals surface area contributed by atoms with Gasteiger partial charge in [-0.25, -0.2) is 0 Å². The van der Waals surface area contributed by atoms with Crippen molar-refractivity contribution in [2.45, 2.75) is 12.6 Å². The highest BCUT2D eigenvalue weighted by molar-refractivity contribution is 9.10. The zero-order valence-corrected chi connectivity index (χ0v) is 12.1. The summed E-state index contributed by atoms with van der Waals surface area (Å²) in [5.41, 5.74) is -2.80. The molecule has 0 spiro atoms. The van der Waals surface area contributed by atoms with Crippen molar-refractivity contribution < 1.29 is 27.9 Å². The number of likely N-dealkylation sites (tertiary alicyclic amines) is 1. The Hall–Kier alpha value is -1.64. The van der Waals surface area contributed by atoms with Gasteiger partial charge in [0, 0.05) is 30.0 Å². The molecule has 0 saturated carbocycles. The van der Waals surface area contributed by atoms with Crippen LogP contribution in [0.15, 0.2) is 22.9 Å². The van der Waals surface area contributed by atoms with Crippen molar-refractivity contribution in [3.63, 3.8) is 0 Å². The monoisotopic (exact) mass is 366 g/mol. The third kappa shape index (κ3) is 2.74. The SMILES string of the molecule is O=C(c1cncc(Br)c1)N1CCC(C(=O)O)(C(F)(F)F)C1. The highest BCUT2D eigenvalue weighted by atomic mass is 79.9. The number of alkyl halides is 3. The van der Waals surface area contributed by atoms with E-state index in [-0.39, 0.29) is 12.1 Å². The van der Waals surface area contributed by atoms with E-state index in [0.29, 0.717) is 4.47 Å². The third-order valence-electron chi connectivity index (χ3n) is 3.46. The van der Waals surface area contributed by atoms with Gasteiger partial charge in [0.05, 0.1) is 5.56 Å². The van der Waals surface area contributed by atoms with Crippen LogP contribution in [0.25, 0.3) is 0 Å². The Morgan fingerprint density at radius 1 is 1.38 bits per heavy atom. The number of aliphatic carboxylic acids is 1. The number of hydrogen-bond acceptors (Lipinski definition) is 3. The van der Waals surface area contributed by atoms with Gasteiger partial charge >= 0.3 is 12.1 Å². The van der Waals surface area contributed by atoms with Crippen molar-refractivity contribution in [3.05, 3.63) is 28.5 Å². The summed E-state index contributed by atoms with van der Waals surface area (Å²) in [4.78, 5) is 27.9. The van der Waals surface area contributed by atoms with E-state index in [4.69, 9.17) is 5.11 Å². The molecule has 2 heterocycles. The number of nitrogens with zero attached hydrogens (tertiary/aromatic N) is 2. The minimum Gasteiger partial charge on any atom is -0.481 e. The molecule has 1 fully saturated rings. The van der Waals surface area contributed by atoms with E-state index in [1.165, 1.54) is 18.5 Å². The zero-order chi connectivity index (χ0) is 15.8. The number of amides is 1. The molecular formula is C12H10BrF3N2O3. The van der Waals surface area contributed by atoms with E-state index in [1.807, 2.05) is 0 Å². The van der Waals surface area contributed by atoms with Gasteiger partial charge in [-0.1, -0.05) is 0 Å². The van der Waals surface area contributed by atoms with E-state index < -0.39 is 36.4 Å². The number of hydrogen-bond donors (Lipinski definition) is 1. The molecule has 1 saturated heterocycles. The molecule has 5 nitrogen and oxygen atoms in total. The Morgan fingerprint density at radius 2 is 2.05 bits per heavy atom. The van der Waals surface area contributed by atoms with Gasteiger partial charge in [0.2, 0.25) is 0 Å². The molecule has 1 N–H and O–H groups in total. The van der Waals surface area contributed by atoms with Gasteiger partial charge in [0.25, 0.3) is 5.91 Å². The van der Waals surface area contributed by atoms with Gasteiger partial charge in [0.1, 0.15) is 0 Å². The van der Waals surface area contributed by atoms with Crippen LogP contribution in [-0.2, 0) is 4.79 Å². The van der Waals surface area contributed by atoms with Crippen LogP contribution < -0.4 is 0 Å². The van der Waals surface area contributed by atoms with Crippen molar-refractivity contribution in [2.75, 3.05) is 13.1 Å². The van der Waals surface area contributed by atoms with Gasteiger partial charge in [-0.3, -0.25) is 14.6 Å². The Morgan fingerprint density at radius 3 is 2.52 bits per heavy atom. The highest BCUT2D eigenvalue weighted by Crippen LogP contribution is 2.45. The van der Waals surface area contributed by atoms with Crippen LogP contribution in [0.5, 0.6) is 0 Å². The molecular weight excluding hydrogens is 357 g/mol. The lowest BCUT2D eigenvalue weighted by atomic mass is 9.86. The second kappa shape index (κ2) is 5.28. The first-order valence-corrected chi connectivity index (χ1v) is 6.67. The maximum Gasteiger partial charge on any atom is 0.406 e. The quantitative estimate of drug-likeness (QED) is 0.871. The first-order valence-electron chi connectivity index (χ1n) is 5.87. The topological polar surface area (TPSA) is 70.5 Å². The molecule has 1 amide bonds. The first kappa shape index (κ1) is 15.7. The van der Waals surface area contributed by atoms with Crippen LogP contribution >= 0.6 is 15.9 Å². The summed E-state index contributed by atoms with van der Waals surface area (Å²) in [6.45, 7) is -1.16. The maximum absolute atomic E-state index is 13.0. The lowest BCUT2D eigenvalue weighted by molar-refractivity contribution is -0.227. The average Bonchev–Trinajstić information content (AvgIpc) is 2.83. The summed E-state index contributed by atoms with van der Waals surface area (Å²) in [5, 5.41) is 8.94. The van der Waals surface area contributed by atoms with Crippen molar-refractivity contribution in [3.8, 4) is 0 Å². The highest BCUT2D eigenvalue weighted by Gasteiger charge is 2.64. The van der Waals surface area contributed by atoms with Crippen LogP contribution in [0, 0.1) is 5.41 Å². The summed E-state index contributed by atoms with van der Waals surface area (Å²) in [7, 11) is 0. The second-order valence-electron chi connectivity index (χ2n) is 4.75. The molecule has 0 bridgehead atoms. The summed E-state index contributed by atoms with van der Waals surface area (Å²) in [5.74, 6) is -2.63. The number of aromatic nitrogens is 1. The van der Waals surface area contributed by atoms with E-state index in [9.17, 15) is 22.8 Å². The predicted octanol–water partition coefficient (Wildman–Crippen LogP) is 2.32. The van der Waals surface area contributed by atoms with Gasteiger partial charge < -0.3 is 10.0 Å². The van der Waals surface area contributed by atoms with Crippen LogP contribution in [0.4, 0.5) is 13.2 Å². The summed E-state index contributed by atoms with van der Waals surface area (Å²) < 4.78 is 39.6. The molecule has 1 aliphatic rings. The van der Waals surface area contributed by atoms with E-state index in [1.54, 1.807) is 0 Å². The normalized spacial score (nSPS) is 22.4. The average molecular weight is 367 g/mol. The summed E-state index contributed by atoms with van der Waals surface area (Å²) >= 11 is 3.11. The van der Waals surface area contributed by atoms with Crippen molar-refractivity contribution in [1.82, 2.24) is 9.88 Å². The Bertz CT molecular complexity index is 593. The Balaban J connectivity index is 2.26. The van der Waals surface area contributed by atoms with Crippen molar-refractivity contribution in [2.24, 2.45) is 5.41 Å².